The first-order valence-electron chi connectivity index (χ1n) is 14.1. The van der Waals surface area contributed by atoms with E-state index in [1.807, 2.05) is 0 Å². The molecule has 0 fully saturated rings. The monoisotopic (exact) mass is 508 g/mol. The molecular weight excluding hydrogens is 480 g/mol. The number of benzene rings is 6. The smallest absolute Gasteiger partial charge is 0.00567 e. The fourth-order valence-electron chi connectivity index (χ4n) is 6.69. The summed E-state index contributed by atoms with van der Waals surface area (Å²) in [6.45, 7) is 0. The molecular formula is C40H28. The summed E-state index contributed by atoms with van der Waals surface area (Å²) in [7, 11) is 0. The van der Waals surface area contributed by atoms with Crippen molar-refractivity contribution in [3.63, 3.8) is 0 Å². The maximum Gasteiger partial charge on any atom is 0.00567 e. The van der Waals surface area contributed by atoms with Gasteiger partial charge in [-0.15, -0.1) is 0 Å². The molecule has 0 aliphatic heterocycles. The van der Waals surface area contributed by atoms with E-state index in [0.717, 1.165) is 0 Å². The molecule has 0 saturated heterocycles. The Labute approximate surface area is 234 Å². The van der Waals surface area contributed by atoms with Crippen molar-refractivity contribution in [3.05, 3.63) is 163 Å². The largest absolute Gasteiger partial charge is 0.0767 e. The van der Waals surface area contributed by atoms with Gasteiger partial charge in [0.15, 0.2) is 0 Å². The van der Waals surface area contributed by atoms with Gasteiger partial charge in [0.05, 0.1) is 0 Å². The van der Waals surface area contributed by atoms with Crippen LogP contribution in [0, 0.1) is 11.8 Å². The van der Waals surface area contributed by atoms with Crippen LogP contribution in [0.15, 0.2) is 158 Å². The van der Waals surface area contributed by atoms with E-state index in [0.29, 0.717) is 11.8 Å². The third kappa shape index (κ3) is 3.68. The van der Waals surface area contributed by atoms with E-state index in [-0.39, 0.29) is 0 Å². The van der Waals surface area contributed by atoms with Crippen molar-refractivity contribution in [2.75, 3.05) is 0 Å². The van der Waals surface area contributed by atoms with Crippen LogP contribution in [-0.2, 0) is 0 Å². The third-order valence-corrected chi connectivity index (χ3v) is 8.57. The summed E-state index contributed by atoms with van der Waals surface area (Å²) in [5.41, 5.74) is 7.73. The Hall–Kier alpha value is -4.94. The van der Waals surface area contributed by atoms with Gasteiger partial charge in [-0.2, -0.15) is 0 Å². The SMILES string of the molecule is C1=CC2C=CC(c3ccc4c(-c5c6ccccc6c(-c6ccccc6)c6ccccc56)cccc4c3)=CC2C=C1. The molecule has 2 unspecified atom stereocenters. The first kappa shape index (κ1) is 23.0. The Kier molecular flexibility index (Phi) is 5.38. The molecule has 188 valence electrons. The van der Waals surface area contributed by atoms with Crippen LogP contribution in [0.25, 0.3) is 60.1 Å². The van der Waals surface area contributed by atoms with Crippen molar-refractivity contribution in [2.24, 2.45) is 11.8 Å². The highest BCUT2D eigenvalue weighted by molar-refractivity contribution is 6.23. The van der Waals surface area contributed by atoms with E-state index in [9.17, 15) is 0 Å². The Morgan fingerprint density at radius 2 is 1.07 bits per heavy atom. The quantitative estimate of drug-likeness (QED) is 0.209. The molecule has 40 heavy (non-hydrogen) atoms. The molecule has 2 aliphatic rings. The number of allylic oxidation sites excluding steroid dienone is 8. The first-order chi connectivity index (χ1) is 19.8. The van der Waals surface area contributed by atoms with Gasteiger partial charge in [0, 0.05) is 11.8 Å². The van der Waals surface area contributed by atoms with Crippen LogP contribution >= 0.6 is 0 Å². The summed E-state index contributed by atoms with van der Waals surface area (Å²) in [4.78, 5) is 0. The van der Waals surface area contributed by atoms with Crippen molar-refractivity contribution in [3.8, 4) is 22.3 Å². The minimum absolute atomic E-state index is 0.438. The summed E-state index contributed by atoms with van der Waals surface area (Å²) in [6.07, 6.45) is 16.0. The van der Waals surface area contributed by atoms with Gasteiger partial charge in [-0.25, -0.2) is 0 Å². The molecule has 0 nitrogen and oxygen atoms in total. The average molecular weight is 509 g/mol. The molecule has 0 bridgehead atoms. The van der Waals surface area contributed by atoms with Crippen molar-refractivity contribution in [1.29, 1.82) is 0 Å². The zero-order valence-corrected chi connectivity index (χ0v) is 22.2. The first-order valence-corrected chi connectivity index (χ1v) is 14.1. The number of hydrogen-bond acceptors (Lipinski definition) is 0. The van der Waals surface area contributed by atoms with E-state index in [1.165, 1.54) is 65.7 Å². The van der Waals surface area contributed by atoms with Crippen LogP contribution in [0.3, 0.4) is 0 Å². The molecule has 0 saturated carbocycles. The van der Waals surface area contributed by atoms with Gasteiger partial charge >= 0.3 is 0 Å². The van der Waals surface area contributed by atoms with Gasteiger partial charge in [-0.1, -0.05) is 152 Å². The van der Waals surface area contributed by atoms with Crippen LogP contribution in [0.5, 0.6) is 0 Å². The van der Waals surface area contributed by atoms with Crippen LogP contribution < -0.4 is 0 Å². The molecule has 2 aliphatic carbocycles. The van der Waals surface area contributed by atoms with E-state index in [1.54, 1.807) is 0 Å². The highest BCUT2D eigenvalue weighted by Crippen LogP contribution is 2.45. The molecule has 8 rings (SSSR count). The lowest BCUT2D eigenvalue weighted by Crippen LogP contribution is -2.11. The summed E-state index contributed by atoms with van der Waals surface area (Å²) < 4.78 is 0. The summed E-state index contributed by atoms with van der Waals surface area (Å²) >= 11 is 0. The normalized spacial score (nSPS) is 17.9. The maximum atomic E-state index is 2.42. The predicted octanol–water partition coefficient (Wildman–Crippen LogP) is 10.8. The number of rotatable bonds is 3. The maximum absolute atomic E-state index is 2.42. The predicted molar refractivity (Wildman–Crippen MR) is 172 cm³/mol. The van der Waals surface area contributed by atoms with Crippen LogP contribution in [0.1, 0.15) is 5.56 Å². The van der Waals surface area contributed by atoms with Crippen molar-refractivity contribution < 1.29 is 0 Å². The van der Waals surface area contributed by atoms with Crippen molar-refractivity contribution in [2.45, 2.75) is 0 Å². The number of hydrogen-bond donors (Lipinski definition) is 0. The van der Waals surface area contributed by atoms with E-state index in [4.69, 9.17) is 0 Å². The Balaban J connectivity index is 1.36. The van der Waals surface area contributed by atoms with Crippen molar-refractivity contribution >= 4 is 37.9 Å². The minimum atomic E-state index is 0.438. The van der Waals surface area contributed by atoms with Gasteiger partial charge in [-0.05, 0) is 71.8 Å². The van der Waals surface area contributed by atoms with Crippen LogP contribution in [-0.4, -0.2) is 0 Å². The van der Waals surface area contributed by atoms with Gasteiger partial charge in [0.2, 0.25) is 0 Å². The minimum Gasteiger partial charge on any atom is -0.0767 e. The molecule has 0 heteroatoms. The molecule has 0 amide bonds. The summed E-state index contributed by atoms with van der Waals surface area (Å²) in [5.74, 6) is 0.911. The van der Waals surface area contributed by atoms with Gasteiger partial charge < -0.3 is 0 Å². The Bertz CT molecular complexity index is 1990. The number of fused-ring (bicyclic) bond motifs is 4. The fraction of sp³-hybridized carbons (Fsp3) is 0.0500. The Morgan fingerprint density at radius 3 is 1.80 bits per heavy atom. The standard InChI is InChI=1S/C40H28/c1-2-12-28(13-3-1)39-35-16-6-8-18-37(35)40(38-19-9-7-17-36(38)39)34-20-10-15-32-26-31(23-24-33(32)34)30-22-21-27-11-4-5-14-29(27)25-30/h1-27,29H. The van der Waals surface area contributed by atoms with E-state index >= 15 is 0 Å². The third-order valence-electron chi connectivity index (χ3n) is 8.57. The zero-order valence-electron chi connectivity index (χ0n) is 22.2. The molecule has 0 spiro atoms. The molecule has 2 atom stereocenters. The summed E-state index contributed by atoms with van der Waals surface area (Å²) in [5, 5.41) is 7.71. The van der Waals surface area contributed by atoms with Gasteiger partial charge in [0.25, 0.3) is 0 Å². The molecule has 0 heterocycles. The zero-order chi connectivity index (χ0) is 26.5. The second-order valence-electron chi connectivity index (χ2n) is 10.9. The van der Waals surface area contributed by atoms with Gasteiger partial charge in [0.1, 0.15) is 0 Å². The topological polar surface area (TPSA) is 0 Å². The lowest BCUT2D eigenvalue weighted by Gasteiger charge is -2.23. The molecule has 6 aromatic carbocycles. The van der Waals surface area contributed by atoms with Crippen LogP contribution in [0.2, 0.25) is 0 Å². The molecule has 0 aromatic heterocycles. The molecule has 6 aromatic rings. The fourth-order valence-corrected chi connectivity index (χ4v) is 6.69. The van der Waals surface area contributed by atoms with E-state index < -0.39 is 0 Å². The average Bonchev–Trinajstić information content (AvgIpc) is 3.03. The molecule has 0 radical (unpaired) electrons. The van der Waals surface area contributed by atoms with E-state index in [2.05, 4.69) is 158 Å². The summed E-state index contributed by atoms with van der Waals surface area (Å²) in [6, 6.07) is 42.4. The van der Waals surface area contributed by atoms with Gasteiger partial charge in [-0.3, -0.25) is 0 Å². The second kappa shape index (κ2) is 9.36. The highest BCUT2D eigenvalue weighted by atomic mass is 14.2. The lowest BCUT2D eigenvalue weighted by atomic mass is 9.81. The lowest BCUT2D eigenvalue weighted by molar-refractivity contribution is 0.663. The van der Waals surface area contributed by atoms with Crippen LogP contribution in [0.4, 0.5) is 0 Å². The van der Waals surface area contributed by atoms with Crippen molar-refractivity contribution in [1.82, 2.24) is 0 Å². The molecule has 0 N–H and O–H groups in total. The Morgan fingerprint density at radius 1 is 0.425 bits per heavy atom. The second-order valence-corrected chi connectivity index (χ2v) is 10.9. The highest BCUT2D eigenvalue weighted by Gasteiger charge is 2.20.